The lowest BCUT2D eigenvalue weighted by atomic mass is 9.92. The normalized spacial score (nSPS) is 16.1. The molecule has 0 aromatic heterocycles. The van der Waals surface area contributed by atoms with E-state index in [9.17, 15) is 19.8 Å². The molecule has 0 fully saturated rings. The first kappa shape index (κ1) is 23.2. The van der Waals surface area contributed by atoms with Gasteiger partial charge in [0.25, 0.3) is 5.91 Å². The molecular weight excluding hydrogens is 410 g/mol. The molecule has 0 bridgehead atoms. The molecular formula is C25H29NO6. The highest BCUT2D eigenvalue weighted by molar-refractivity contribution is 6.16. The van der Waals surface area contributed by atoms with E-state index in [0.29, 0.717) is 36.0 Å². The number of aliphatic hydroxyl groups excluding tert-OH is 1. The van der Waals surface area contributed by atoms with E-state index in [2.05, 4.69) is 0 Å². The third-order valence-corrected chi connectivity index (χ3v) is 5.12. The quantitative estimate of drug-likeness (QED) is 0.588. The number of benzene rings is 2. The van der Waals surface area contributed by atoms with Crippen molar-refractivity contribution in [3.8, 4) is 17.2 Å². The lowest BCUT2D eigenvalue weighted by Gasteiger charge is -2.28. The zero-order chi connectivity index (χ0) is 23.4. The predicted molar refractivity (Wildman–Crippen MR) is 121 cm³/mol. The maximum Gasteiger partial charge on any atom is 0.294 e. The van der Waals surface area contributed by atoms with E-state index in [1.165, 1.54) is 17.0 Å². The van der Waals surface area contributed by atoms with Crippen molar-refractivity contribution < 1.29 is 29.3 Å². The van der Waals surface area contributed by atoms with Gasteiger partial charge in [-0.05, 0) is 49.6 Å². The summed E-state index contributed by atoms with van der Waals surface area (Å²) in [4.78, 5) is 27.6. The Kier molecular flexibility index (Phi) is 7.08. The summed E-state index contributed by atoms with van der Waals surface area (Å²) in [6.45, 7) is 8.37. The average Bonchev–Trinajstić information content (AvgIpc) is 3.01. The molecule has 1 unspecified atom stereocenters. The summed E-state index contributed by atoms with van der Waals surface area (Å²) in [6, 6.07) is 10.5. The van der Waals surface area contributed by atoms with Crippen LogP contribution >= 0.6 is 0 Å². The minimum atomic E-state index is -0.832. The molecule has 1 amide bonds. The van der Waals surface area contributed by atoms with Crippen LogP contribution in [0.1, 0.15) is 45.7 Å². The number of Topliss-reactive ketones (excluding diaryl/α,β-unsaturated/α-hetero) is 1. The van der Waals surface area contributed by atoms with Crippen LogP contribution in [0.4, 0.5) is 5.69 Å². The Morgan fingerprint density at radius 2 is 1.62 bits per heavy atom. The van der Waals surface area contributed by atoms with Crippen LogP contribution in [-0.4, -0.2) is 35.1 Å². The summed E-state index contributed by atoms with van der Waals surface area (Å²) in [7, 11) is 0. The zero-order valence-corrected chi connectivity index (χ0v) is 18.8. The third kappa shape index (κ3) is 4.56. The van der Waals surface area contributed by atoms with Crippen LogP contribution in [0, 0.1) is 5.92 Å². The van der Waals surface area contributed by atoms with Gasteiger partial charge in [0.2, 0.25) is 0 Å². The lowest BCUT2D eigenvalue weighted by Crippen LogP contribution is -2.31. The SMILES string of the molecule is CCOc1ccc(N2C(=O)C(O)=C(C(=O)CC(C)C)C2c2ccc(O)cc2)cc1OCC. The predicted octanol–water partition coefficient (Wildman–Crippen LogP) is 4.70. The summed E-state index contributed by atoms with van der Waals surface area (Å²) in [5.74, 6) is -0.385. The fraction of sp³-hybridized carbons (Fsp3) is 0.360. The van der Waals surface area contributed by atoms with Crippen molar-refractivity contribution in [2.24, 2.45) is 5.92 Å². The topological polar surface area (TPSA) is 96.3 Å². The summed E-state index contributed by atoms with van der Waals surface area (Å²) < 4.78 is 11.3. The second-order valence-electron chi connectivity index (χ2n) is 7.95. The highest BCUT2D eigenvalue weighted by atomic mass is 16.5. The molecule has 0 saturated carbocycles. The summed E-state index contributed by atoms with van der Waals surface area (Å²) in [5, 5.41) is 20.5. The minimum absolute atomic E-state index is 0.0567. The maximum atomic E-state index is 13.2. The number of nitrogens with zero attached hydrogens (tertiary/aromatic N) is 1. The molecule has 1 aliphatic rings. The Morgan fingerprint density at radius 1 is 1.00 bits per heavy atom. The summed E-state index contributed by atoms with van der Waals surface area (Å²) in [5.41, 5.74) is 1.11. The Balaban J connectivity index is 2.13. The second-order valence-corrected chi connectivity index (χ2v) is 7.95. The molecule has 170 valence electrons. The van der Waals surface area contributed by atoms with Gasteiger partial charge in [-0.3, -0.25) is 14.5 Å². The molecule has 0 aliphatic carbocycles. The fourth-order valence-electron chi connectivity index (χ4n) is 3.80. The van der Waals surface area contributed by atoms with Gasteiger partial charge in [0.1, 0.15) is 5.75 Å². The van der Waals surface area contributed by atoms with Gasteiger partial charge in [-0.1, -0.05) is 26.0 Å². The number of hydrogen-bond donors (Lipinski definition) is 2. The summed E-state index contributed by atoms with van der Waals surface area (Å²) >= 11 is 0. The maximum absolute atomic E-state index is 13.2. The Labute approximate surface area is 187 Å². The van der Waals surface area contributed by atoms with Crippen LogP contribution in [0.25, 0.3) is 0 Å². The third-order valence-electron chi connectivity index (χ3n) is 5.12. The number of phenols is 1. The van der Waals surface area contributed by atoms with E-state index >= 15 is 0 Å². The number of anilines is 1. The van der Waals surface area contributed by atoms with Crippen LogP contribution in [0.3, 0.4) is 0 Å². The molecule has 7 heteroatoms. The fourth-order valence-corrected chi connectivity index (χ4v) is 3.80. The van der Waals surface area contributed by atoms with Crippen molar-refractivity contribution in [3.05, 3.63) is 59.4 Å². The van der Waals surface area contributed by atoms with E-state index in [1.807, 2.05) is 27.7 Å². The van der Waals surface area contributed by atoms with Gasteiger partial charge in [-0.25, -0.2) is 0 Å². The first-order chi connectivity index (χ1) is 15.3. The molecule has 2 aromatic rings. The monoisotopic (exact) mass is 439 g/mol. The smallest absolute Gasteiger partial charge is 0.294 e. The van der Waals surface area contributed by atoms with Crippen LogP contribution in [-0.2, 0) is 9.59 Å². The van der Waals surface area contributed by atoms with Crippen molar-refractivity contribution in [1.29, 1.82) is 0 Å². The lowest BCUT2D eigenvalue weighted by molar-refractivity contribution is -0.118. The van der Waals surface area contributed by atoms with Crippen LogP contribution < -0.4 is 14.4 Å². The van der Waals surface area contributed by atoms with E-state index in [1.54, 1.807) is 30.3 Å². The molecule has 0 saturated heterocycles. The van der Waals surface area contributed by atoms with E-state index in [0.717, 1.165) is 0 Å². The van der Waals surface area contributed by atoms with E-state index in [-0.39, 0.29) is 29.4 Å². The van der Waals surface area contributed by atoms with Crippen molar-refractivity contribution in [3.63, 3.8) is 0 Å². The van der Waals surface area contributed by atoms with Crippen molar-refractivity contribution in [1.82, 2.24) is 0 Å². The molecule has 0 radical (unpaired) electrons. The number of aliphatic hydroxyl groups is 1. The molecule has 1 heterocycles. The molecule has 32 heavy (non-hydrogen) atoms. The Morgan fingerprint density at radius 3 is 2.22 bits per heavy atom. The molecule has 7 nitrogen and oxygen atoms in total. The van der Waals surface area contributed by atoms with Crippen molar-refractivity contribution in [2.45, 2.75) is 40.2 Å². The number of rotatable bonds is 9. The van der Waals surface area contributed by atoms with Crippen LogP contribution in [0.2, 0.25) is 0 Å². The Bertz CT molecular complexity index is 1030. The van der Waals surface area contributed by atoms with Gasteiger partial charge >= 0.3 is 0 Å². The van der Waals surface area contributed by atoms with E-state index < -0.39 is 17.7 Å². The van der Waals surface area contributed by atoms with Crippen molar-refractivity contribution >= 4 is 17.4 Å². The largest absolute Gasteiger partial charge is 0.508 e. The van der Waals surface area contributed by atoms with Gasteiger partial charge in [-0.15, -0.1) is 0 Å². The van der Waals surface area contributed by atoms with Crippen LogP contribution in [0.15, 0.2) is 53.8 Å². The molecule has 1 atom stereocenters. The second kappa shape index (κ2) is 9.77. The molecule has 3 rings (SSSR count). The number of aromatic hydroxyl groups is 1. The number of phenolic OH excluding ortho intramolecular Hbond substituents is 1. The summed E-state index contributed by atoms with van der Waals surface area (Å²) in [6.07, 6.45) is 0.197. The number of amides is 1. The highest BCUT2D eigenvalue weighted by Crippen LogP contribution is 2.44. The van der Waals surface area contributed by atoms with Gasteiger partial charge in [0.05, 0.1) is 24.8 Å². The van der Waals surface area contributed by atoms with Crippen LogP contribution in [0.5, 0.6) is 17.2 Å². The highest BCUT2D eigenvalue weighted by Gasteiger charge is 2.44. The Hall–Kier alpha value is -3.48. The molecule has 2 N–H and O–H groups in total. The standard InChI is InChI=1S/C25H29NO6/c1-5-31-20-12-9-17(14-21(20)32-6-2)26-23(16-7-10-18(27)11-8-16)22(24(29)25(26)30)19(28)13-15(3)4/h7-12,14-15,23,27,29H,5-6,13H2,1-4H3. The molecule has 1 aliphatic heterocycles. The number of ether oxygens (including phenoxy) is 2. The van der Waals surface area contributed by atoms with Gasteiger partial charge in [-0.2, -0.15) is 0 Å². The number of ketones is 1. The van der Waals surface area contributed by atoms with Gasteiger partial charge < -0.3 is 19.7 Å². The molecule has 0 spiro atoms. The first-order valence-electron chi connectivity index (χ1n) is 10.8. The number of carbonyl (C=O) groups is 2. The minimum Gasteiger partial charge on any atom is -0.508 e. The first-order valence-corrected chi connectivity index (χ1v) is 10.8. The van der Waals surface area contributed by atoms with E-state index in [4.69, 9.17) is 9.47 Å². The average molecular weight is 440 g/mol. The number of hydrogen-bond acceptors (Lipinski definition) is 6. The van der Waals surface area contributed by atoms with Crippen molar-refractivity contribution in [2.75, 3.05) is 18.1 Å². The number of carbonyl (C=O) groups excluding carboxylic acids is 2. The van der Waals surface area contributed by atoms with Gasteiger partial charge in [0.15, 0.2) is 23.0 Å². The zero-order valence-electron chi connectivity index (χ0n) is 18.8. The molecule has 2 aromatic carbocycles. The van der Waals surface area contributed by atoms with Gasteiger partial charge in [0, 0.05) is 18.2 Å².